The van der Waals surface area contributed by atoms with Crippen LogP contribution in [0.15, 0.2) is 24.3 Å². The molecule has 1 aromatic carbocycles. The number of fused-ring (bicyclic) bond motifs is 1. The molecule has 0 saturated carbocycles. The maximum Gasteiger partial charge on any atom is 0.354 e. The molecule has 0 aliphatic rings. The number of thiazole rings is 1. The number of carboxylic acids is 1. The summed E-state index contributed by atoms with van der Waals surface area (Å²) in [6.07, 6.45) is 1.60. The van der Waals surface area contributed by atoms with E-state index in [9.17, 15) is 9.90 Å². The van der Waals surface area contributed by atoms with Crippen LogP contribution in [0.25, 0.3) is 16.2 Å². The van der Waals surface area contributed by atoms with Gasteiger partial charge in [0.15, 0.2) is 10.7 Å². The Morgan fingerprint density at radius 1 is 1.23 bits per heavy atom. The molecular weight excluding hydrogens is 296 g/mol. The fourth-order valence-electron chi connectivity index (χ4n) is 2.76. The third-order valence-corrected chi connectivity index (χ3v) is 4.85. The van der Waals surface area contributed by atoms with Crippen LogP contribution in [0, 0.1) is 6.92 Å². The van der Waals surface area contributed by atoms with Gasteiger partial charge in [-0.05, 0) is 30.9 Å². The van der Waals surface area contributed by atoms with Gasteiger partial charge in [0.1, 0.15) is 0 Å². The smallest absolute Gasteiger partial charge is 0.354 e. The number of aromatic nitrogens is 2. The predicted octanol–water partition coefficient (Wildman–Crippen LogP) is 4.19. The first-order valence-corrected chi connectivity index (χ1v) is 8.21. The lowest BCUT2D eigenvalue weighted by atomic mass is 10.1. The summed E-state index contributed by atoms with van der Waals surface area (Å²) >= 11 is 1.54. The molecule has 2 heterocycles. The molecule has 0 unspecified atom stereocenters. The number of rotatable bonds is 4. The van der Waals surface area contributed by atoms with Crippen LogP contribution in [0.4, 0.5) is 0 Å². The Labute approximate surface area is 133 Å². The second kappa shape index (κ2) is 5.57. The number of aryl methyl sites for hydroxylation is 3. The number of hydrogen-bond acceptors (Lipinski definition) is 3. The van der Waals surface area contributed by atoms with Crippen LogP contribution in [0.2, 0.25) is 0 Å². The number of benzene rings is 1. The summed E-state index contributed by atoms with van der Waals surface area (Å²) in [4.78, 5) is 18.0. The monoisotopic (exact) mass is 314 g/mol. The van der Waals surface area contributed by atoms with Crippen LogP contribution >= 0.6 is 11.3 Å². The SMILES string of the molecule is CCc1ccc(-c2c(C)sc3nc(CC)c(C(=O)O)n23)cc1. The lowest BCUT2D eigenvalue weighted by Crippen LogP contribution is -2.06. The van der Waals surface area contributed by atoms with Gasteiger partial charge >= 0.3 is 5.97 Å². The molecule has 0 spiro atoms. The van der Waals surface area contributed by atoms with Crippen molar-refractivity contribution in [2.45, 2.75) is 33.6 Å². The molecule has 0 aliphatic carbocycles. The highest BCUT2D eigenvalue weighted by Gasteiger charge is 2.23. The van der Waals surface area contributed by atoms with Gasteiger partial charge in [-0.2, -0.15) is 0 Å². The first-order valence-electron chi connectivity index (χ1n) is 7.40. The lowest BCUT2D eigenvalue weighted by molar-refractivity contribution is 0.0688. The van der Waals surface area contributed by atoms with Gasteiger partial charge in [-0.25, -0.2) is 9.78 Å². The number of carbonyl (C=O) groups is 1. The van der Waals surface area contributed by atoms with E-state index in [2.05, 4.69) is 36.2 Å². The third kappa shape index (κ3) is 2.22. The average Bonchev–Trinajstić information content (AvgIpc) is 3.01. The summed E-state index contributed by atoms with van der Waals surface area (Å²) in [7, 11) is 0. The quantitative estimate of drug-likeness (QED) is 0.785. The Bertz CT molecular complexity index is 844. The topological polar surface area (TPSA) is 54.6 Å². The average molecular weight is 314 g/mol. The normalized spacial score (nSPS) is 11.2. The van der Waals surface area contributed by atoms with Crippen molar-refractivity contribution in [3.8, 4) is 11.3 Å². The van der Waals surface area contributed by atoms with Crippen molar-refractivity contribution < 1.29 is 9.90 Å². The van der Waals surface area contributed by atoms with Crippen molar-refractivity contribution in [1.29, 1.82) is 0 Å². The van der Waals surface area contributed by atoms with Gasteiger partial charge in [-0.1, -0.05) is 38.1 Å². The molecule has 0 saturated heterocycles. The van der Waals surface area contributed by atoms with Gasteiger partial charge in [0.25, 0.3) is 0 Å². The zero-order valence-electron chi connectivity index (χ0n) is 12.9. The molecular formula is C17H18N2O2S. The molecule has 22 heavy (non-hydrogen) atoms. The minimum absolute atomic E-state index is 0.288. The number of nitrogens with zero attached hydrogens (tertiary/aromatic N) is 2. The Balaban J connectivity index is 2.29. The van der Waals surface area contributed by atoms with E-state index < -0.39 is 5.97 Å². The van der Waals surface area contributed by atoms with E-state index in [0.717, 1.165) is 27.5 Å². The minimum Gasteiger partial charge on any atom is -0.477 e. The van der Waals surface area contributed by atoms with Gasteiger partial charge in [0, 0.05) is 4.88 Å². The summed E-state index contributed by atoms with van der Waals surface area (Å²) in [6.45, 7) is 6.07. The maximum atomic E-state index is 11.7. The molecule has 0 fully saturated rings. The van der Waals surface area contributed by atoms with Crippen LogP contribution in [0.1, 0.15) is 40.5 Å². The van der Waals surface area contributed by atoms with Gasteiger partial charge in [0.2, 0.25) is 0 Å². The van der Waals surface area contributed by atoms with Gasteiger partial charge in [-0.3, -0.25) is 4.40 Å². The molecule has 3 rings (SSSR count). The summed E-state index contributed by atoms with van der Waals surface area (Å²) in [5.74, 6) is -0.923. The highest BCUT2D eigenvalue weighted by molar-refractivity contribution is 7.17. The standard InChI is InChI=1S/C17H18N2O2S/c1-4-11-6-8-12(9-7-11)14-10(3)22-17-18-13(5-2)15(16(20)21)19(14)17/h6-9H,4-5H2,1-3H3,(H,20,21). The second-order valence-electron chi connectivity index (χ2n) is 5.24. The summed E-state index contributed by atoms with van der Waals surface area (Å²) in [5, 5.41) is 9.59. The van der Waals surface area contributed by atoms with Crippen molar-refractivity contribution in [1.82, 2.24) is 9.38 Å². The van der Waals surface area contributed by atoms with Crippen molar-refractivity contribution in [2.24, 2.45) is 0 Å². The molecule has 0 bridgehead atoms. The van der Waals surface area contributed by atoms with Crippen LogP contribution in [0.5, 0.6) is 0 Å². The van der Waals surface area contributed by atoms with Gasteiger partial charge in [-0.15, -0.1) is 11.3 Å². The molecule has 0 aliphatic heterocycles. The zero-order valence-corrected chi connectivity index (χ0v) is 13.7. The van der Waals surface area contributed by atoms with Crippen LogP contribution < -0.4 is 0 Å². The van der Waals surface area contributed by atoms with Crippen molar-refractivity contribution in [3.05, 3.63) is 46.1 Å². The highest BCUT2D eigenvalue weighted by Crippen LogP contribution is 2.33. The van der Waals surface area contributed by atoms with Crippen molar-refractivity contribution >= 4 is 22.3 Å². The molecule has 3 aromatic rings. The lowest BCUT2D eigenvalue weighted by Gasteiger charge is -2.06. The number of hydrogen-bond donors (Lipinski definition) is 1. The minimum atomic E-state index is -0.923. The van der Waals surface area contributed by atoms with E-state index in [4.69, 9.17) is 0 Å². The fraction of sp³-hybridized carbons (Fsp3) is 0.294. The summed E-state index contributed by atoms with van der Waals surface area (Å²) in [5.41, 5.74) is 4.17. The third-order valence-electron chi connectivity index (χ3n) is 3.89. The predicted molar refractivity (Wildman–Crippen MR) is 89.0 cm³/mol. The Morgan fingerprint density at radius 2 is 1.91 bits per heavy atom. The molecule has 0 atom stereocenters. The van der Waals surface area contributed by atoms with Gasteiger partial charge < -0.3 is 5.11 Å². The number of aromatic carboxylic acids is 1. The molecule has 0 radical (unpaired) electrons. The van der Waals surface area contributed by atoms with E-state index in [1.54, 1.807) is 4.40 Å². The van der Waals surface area contributed by atoms with Crippen molar-refractivity contribution in [3.63, 3.8) is 0 Å². The van der Waals surface area contributed by atoms with E-state index in [0.29, 0.717) is 12.1 Å². The second-order valence-corrected chi connectivity index (χ2v) is 6.42. The maximum absolute atomic E-state index is 11.7. The first-order chi connectivity index (χ1) is 10.6. The van der Waals surface area contributed by atoms with Crippen molar-refractivity contribution in [2.75, 3.05) is 0 Å². The van der Waals surface area contributed by atoms with E-state index in [1.165, 1.54) is 16.9 Å². The first kappa shape index (κ1) is 14.8. The van der Waals surface area contributed by atoms with Crippen LogP contribution in [0.3, 0.4) is 0 Å². The summed E-state index contributed by atoms with van der Waals surface area (Å²) < 4.78 is 1.79. The number of carboxylic acid groups (broad SMARTS) is 1. The zero-order chi connectivity index (χ0) is 15.9. The van der Waals surface area contributed by atoms with Crippen LogP contribution in [-0.4, -0.2) is 20.5 Å². The molecule has 4 nitrogen and oxygen atoms in total. The molecule has 2 aromatic heterocycles. The molecule has 114 valence electrons. The van der Waals surface area contributed by atoms with E-state index >= 15 is 0 Å². The Hall–Kier alpha value is -2.14. The Morgan fingerprint density at radius 3 is 2.45 bits per heavy atom. The van der Waals surface area contributed by atoms with E-state index in [1.807, 2.05) is 13.8 Å². The number of imidazole rings is 1. The Kier molecular flexibility index (Phi) is 3.74. The molecule has 1 N–H and O–H groups in total. The van der Waals surface area contributed by atoms with Gasteiger partial charge in [0.05, 0.1) is 11.4 Å². The molecule has 5 heteroatoms. The highest BCUT2D eigenvalue weighted by atomic mass is 32.1. The summed E-state index contributed by atoms with van der Waals surface area (Å²) in [6, 6.07) is 8.31. The fourth-order valence-corrected chi connectivity index (χ4v) is 3.77. The largest absolute Gasteiger partial charge is 0.477 e. The van der Waals surface area contributed by atoms with E-state index in [-0.39, 0.29) is 5.69 Å². The molecule has 0 amide bonds. The van der Waals surface area contributed by atoms with Crippen LogP contribution in [-0.2, 0) is 12.8 Å².